The Hall–Kier alpha value is -1.26. The second kappa shape index (κ2) is 6.07. The van der Waals surface area contributed by atoms with Gasteiger partial charge in [-0.25, -0.2) is 4.79 Å². The Kier molecular flexibility index (Phi) is 4.99. The summed E-state index contributed by atoms with van der Waals surface area (Å²) in [6.07, 6.45) is 2.60. The molecule has 5 heteroatoms. The molecule has 0 aromatic heterocycles. The first-order valence-corrected chi connectivity index (χ1v) is 6.53. The number of hydrogen-bond donors (Lipinski definition) is 1. The zero-order chi connectivity index (χ0) is 13.8. The van der Waals surface area contributed by atoms with Crippen LogP contribution in [0.4, 0.5) is 4.79 Å². The molecule has 0 unspecified atom stereocenters. The van der Waals surface area contributed by atoms with Gasteiger partial charge in [-0.1, -0.05) is 0 Å². The summed E-state index contributed by atoms with van der Waals surface area (Å²) in [5, 5.41) is 2.88. The average molecular weight is 256 g/mol. The molecule has 104 valence electrons. The highest BCUT2D eigenvalue weighted by molar-refractivity contribution is 5.73. The first-order valence-electron chi connectivity index (χ1n) is 6.53. The molecule has 1 atom stereocenters. The van der Waals surface area contributed by atoms with Crippen LogP contribution in [0.3, 0.4) is 0 Å². The zero-order valence-corrected chi connectivity index (χ0v) is 11.8. The van der Waals surface area contributed by atoms with E-state index >= 15 is 0 Å². The molecule has 0 spiro atoms. The van der Waals surface area contributed by atoms with Gasteiger partial charge in [0.05, 0.1) is 0 Å². The van der Waals surface area contributed by atoms with Gasteiger partial charge < -0.3 is 15.0 Å². The highest BCUT2D eigenvalue weighted by Gasteiger charge is 2.26. The fourth-order valence-corrected chi connectivity index (χ4v) is 2.04. The van der Waals surface area contributed by atoms with E-state index in [0.29, 0.717) is 13.1 Å². The average Bonchev–Trinajstić information content (AvgIpc) is 2.39. The molecule has 1 fully saturated rings. The number of hydrogen-bond acceptors (Lipinski definition) is 3. The first-order chi connectivity index (χ1) is 8.28. The lowest BCUT2D eigenvalue weighted by atomic mass is 10.1. The van der Waals surface area contributed by atoms with Gasteiger partial charge in [-0.15, -0.1) is 0 Å². The lowest BCUT2D eigenvalue weighted by molar-refractivity contribution is -0.119. The summed E-state index contributed by atoms with van der Waals surface area (Å²) in [7, 11) is 0. The maximum absolute atomic E-state index is 12.0. The molecule has 0 aromatic rings. The summed E-state index contributed by atoms with van der Waals surface area (Å²) in [4.78, 5) is 24.8. The molecular weight excluding hydrogens is 232 g/mol. The van der Waals surface area contributed by atoms with Crippen molar-refractivity contribution in [3.8, 4) is 0 Å². The molecule has 18 heavy (non-hydrogen) atoms. The van der Waals surface area contributed by atoms with Gasteiger partial charge in [0.2, 0.25) is 5.91 Å². The molecule has 0 aromatic carbocycles. The minimum absolute atomic E-state index is 0.0394. The van der Waals surface area contributed by atoms with Crippen molar-refractivity contribution in [1.29, 1.82) is 0 Å². The number of rotatable bonds is 1. The van der Waals surface area contributed by atoms with Crippen molar-refractivity contribution < 1.29 is 14.3 Å². The Morgan fingerprint density at radius 3 is 2.50 bits per heavy atom. The van der Waals surface area contributed by atoms with Crippen LogP contribution in [0.2, 0.25) is 0 Å². The van der Waals surface area contributed by atoms with E-state index < -0.39 is 5.60 Å². The van der Waals surface area contributed by atoms with Crippen LogP contribution in [0.25, 0.3) is 0 Å². The fourth-order valence-electron chi connectivity index (χ4n) is 2.04. The molecule has 1 rings (SSSR count). The lowest BCUT2D eigenvalue weighted by Crippen LogP contribution is -2.45. The van der Waals surface area contributed by atoms with E-state index in [0.717, 1.165) is 19.3 Å². The quantitative estimate of drug-likeness (QED) is 0.779. The van der Waals surface area contributed by atoms with Crippen molar-refractivity contribution in [1.82, 2.24) is 10.2 Å². The molecular formula is C13H24N2O3. The Morgan fingerprint density at radius 2 is 1.94 bits per heavy atom. The van der Waals surface area contributed by atoms with Gasteiger partial charge in [0.1, 0.15) is 5.60 Å². The van der Waals surface area contributed by atoms with Crippen molar-refractivity contribution >= 4 is 12.0 Å². The summed E-state index contributed by atoms with van der Waals surface area (Å²) in [5.41, 5.74) is -0.479. The summed E-state index contributed by atoms with van der Waals surface area (Å²) in [6.45, 7) is 8.30. The number of carbonyl (C=O) groups is 2. The smallest absolute Gasteiger partial charge is 0.410 e. The first kappa shape index (κ1) is 14.8. The third-order valence-electron chi connectivity index (χ3n) is 2.73. The summed E-state index contributed by atoms with van der Waals surface area (Å²) in [6, 6.07) is 0.0394. The van der Waals surface area contributed by atoms with Crippen LogP contribution in [0.1, 0.15) is 47.0 Å². The molecule has 1 heterocycles. The van der Waals surface area contributed by atoms with Crippen LogP contribution < -0.4 is 5.32 Å². The number of ether oxygens (including phenoxy) is 1. The van der Waals surface area contributed by atoms with Crippen LogP contribution in [-0.2, 0) is 9.53 Å². The predicted octanol–water partition coefficient (Wildman–Crippen LogP) is 1.91. The van der Waals surface area contributed by atoms with Crippen LogP contribution in [0, 0.1) is 0 Å². The highest BCUT2D eigenvalue weighted by atomic mass is 16.6. The Balaban J connectivity index is 2.58. The van der Waals surface area contributed by atoms with Crippen molar-refractivity contribution in [2.45, 2.75) is 58.6 Å². The third-order valence-corrected chi connectivity index (χ3v) is 2.73. The standard InChI is InChI=1S/C13H24N2O3/c1-10(16)14-11-7-5-6-8-15(9-11)12(17)18-13(2,3)4/h11H,5-9H2,1-4H3,(H,14,16)/t11-/m0/s1. The third kappa shape index (κ3) is 5.38. The van der Waals surface area contributed by atoms with Crippen LogP contribution in [0.5, 0.6) is 0 Å². The second-order valence-corrected chi connectivity index (χ2v) is 5.82. The van der Waals surface area contributed by atoms with E-state index in [1.165, 1.54) is 6.92 Å². The van der Waals surface area contributed by atoms with E-state index in [1.807, 2.05) is 20.8 Å². The number of likely N-dealkylation sites (tertiary alicyclic amines) is 1. The fraction of sp³-hybridized carbons (Fsp3) is 0.846. The van der Waals surface area contributed by atoms with Gasteiger partial charge >= 0.3 is 6.09 Å². The number of carbonyl (C=O) groups excluding carboxylic acids is 2. The van der Waals surface area contributed by atoms with E-state index in [4.69, 9.17) is 4.74 Å². The monoisotopic (exact) mass is 256 g/mol. The Morgan fingerprint density at radius 1 is 1.28 bits per heavy atom. The maximum Gasteiger partial charge on any atom is 0.410 e. The molecule has 1 saturated heterocycles. The zero-order valence-electron chi connectivity index (χ0n) is 11.8. The topological polar surface area (TPSA) is 58.6 Å². The number of amides is 2. The molecule has 2 amide bonds. The number of nitrogens with zero attached hydrogens (tertiary/aromatic N) is 1. The van der Waals surface area contributed by atoms with Gasteiger partial charge in [-0.05, 0) is 40.0 Å². The Bertz CT molecular complexity index is 310. The van der Waals surface area contributed by atoms with E-state index in [-0.39, 0.29) is 18.0 Å². The van der Waals surface area contributed by atoms with Gasteiger partial charge in [0, 0.05) is 26.1 Å². The van der Waals surface area contributed by atoms with Crippen molar-refractivity contribution in [3.63, 3.8) is 0 Å². The molecule has 0 radical (unpaired) electrons. The predicted molar refractivity (Wildman–Crippen MR) is 69.3 cm³/mol. The SMILES string of the molecule is CC(=O)N[C@H]1CCCCN(C(=O)OC(C)(C)C)C1. The second-order valence-electron chi connectivity index (χ2n) is 5.82. The van der Waals surface area contributed by atoms with Crippen molar-refractivity contribution in [2.75, 3.05) is 13.1 Å². The van der Waals surface area contributed by atoms with Crippen LogP contribution in [0.15, 0.2) is 0 Å². The van der Waals surface area contributed by atoms with Gasteiger partial charge in [-0.2, -0.15) is 0 Å². The largest absolute Gasteiger partial charge is 0.444 e. The van der Waals surface area contributed by atoms with Crippen molar-refractivity contribution in [2.24, 2.45) is 0 Å². The molecule has 0 aliphatic carbocycles. The minimum Gasteiger partial charge on any atom is -0.444 e. The Labute approximate surface area is 109 Å². The molecule has 1 aliphatic heterocycles. The van der Waals surface area contributed by atoms with Crippen molar-refractivity contribution in [3.05, 3.63) is 0 Å². The molecule has 1 N–H and O–H groups in total. The molecule has 0 saturated carbocycles. The molecule has 0 bridgehead atoms. The van der Waals surface area contributed by atoms with Gasteiger partial charge in [0.15, 0.2) is 0 Å². The molecule has 1 aliphatic rings. The normalized spacial score (nSPS) is 21.1. The van der Waals surface area contributed by atoms with Gasteiger partial charge in [0.25, 0.3) is 0 Å². The summed E-state index contributed by atoms with van der Waals surface area (Å²) < 4.78 is 5.36. The summed E-state index contributed by atoms with van der Waals surface area (Å²) in [5.74, 6) is -0.0500. The van der Waals surface area contributed by atoms with Crippen LogP contribution in [-0.4, -0.2) is 41.6 Å². The highest BCUT2D eigenvalue weighted by Crippen LogP contribution is 2.15. The molecule has 5 nitrogen and oxygen atoms in total. The van der Waals surface area contributed by atoms with Gasteiger partial charge in [-0.3, -0.25) is 4.79 Å². The van der Waals surface area contributed by atoms with E-state index in [9.17, 15) is 9.59 Å². The minimum atomic E-state index is -0.479. The maximum atomic E-state index is 12.0. The lowest BCUT2D eigenvalue weighted by Gasteiger charge is -2.28. The number of nitrogens with one attached hydrogen (secondary N) is 1. The summed E-state index contributed by atoms with van der Waals surface area (Å²) >= 11 is 0. The van der Waals surface area contributed by atoms with E-state index in [2.05, 4.69) is 5.32 Å². The van der Waals surface area contributed by atoms with E-state index in [1.54, 1.807) is 4.90 Å². The van der Waals surface area contributed by atoms with Crippen LogP contribution >= 0.6 is 0 Å².